The number of hydrogen-bond acceptors (Lipinski definition) is 4. The van der Waals surface area contributed by atoms with Crippen LogP contribution in [0.5, 0.6) is 5.75 Å². The van der Waals surface area contributed by atoms with Crippen LogP contribution in [0.25, 0.3) is 0 Å². The van der Waals surface area contributed by atoms with E-state index in [1.165, 1.54) is 11.3 Å². The number of unbranched alkanes of at least 4 members (excludes halogenated alkanes) is 1. The van der Waals surface area contributed by atoms with Gasteiger partial charge in [-0.25, -0.2) is 4.79 Å². The average molecular weight is 253 g/mol. The van der Waals surface area contributed by atoms with Gasteiger partial charge in [-0.15, -0.1) is 11.3 Å². The monoisotopic (exact) mass is 253 g/mol. The number of nitrogens with zero attached hydrogens (tertiary/aromatic N) is 1. The van der Waals surface area contributed by atoms with Crippen LogP contribution in [0, 0.1) is 11.3 Å². The number of hydrogen-bond donors (Lipinski definition) is 1. The summed E-state index contributed by atoms with van der Waals surface area (Å²) in [6.45, 7) is 2.43. The van der Waals surface area contributed by atoms with Crippen molar-refractivity contribution in [2.75, 3.05) is 6.61 Å². The molecule has 0 atom stereocenters. The van der Waals surface area contributed by atoms with Crippen molar-refractivity contribution in [1.29, 1.82) is 5.26 Å². The fraction of sp³-hybridized carbons (Fsp3) is 0.500. The summed E-state index contributed by atoms with van der Waals surface area (Å²) in [7, 11) is 0. The molecule has 1 heterocycles. The summed E-state index contributed by atoms with van der Waals surface area (Å²) in [5, 5.41) is 17.4. The van der Waals surface area contributed by atoms with Crippen LogP contribution >= 0.6 is 11.3 Å². The Hall–Kier alpha value is -1.54. The molecule has 0 radical (unpaired) electrons. The molecule has 0 saturated carbocycles. The number of rotatable bonds is 7. The van der Waals surface area contributed by atoms with Crippen molar-refractivity contribution in [2.24, 2.45) is 0 Å². The number of aromatic carboxylic acids is 1. The van der Waals surface area contributed by atoms with E-state index in [9.17, 15) is 4.79 Å². The molecule has 0 aromatic carbocycles. The first-order valence-electron chi connectivity index (χ1n) is 5.54. The Morgan fingerprint density at radius 2 is 2.41 bits per heavy atom. The van der Waals surface area contributed by atoms with E-state index in [0.717, 1.165) is 17.7 Å². The van der Waals surface area contributed by atoms with Gasteiger partial charge in [0.25, 0.3) is 0 Å². The Morgan fingerprint density at radius 3 is 3.00 bits per heavy atom. The molecular weight excluding hydrogens is 238 g/mol. The largest absolute Gasteiger partial charge is 0.492 e. The topological polar surface area (TPSA) is 70.3 Å². The van der Waals surface area contributed by atoms with Crippen LogP contribution in [-0.2, 0) is 6.42 Å². The van der Waals surface area contributed by atoms with Gasteiger partial charge in [0.15, 0.2) is 4.88 Å². The molecular formula is C12H15NO3S. The number of carboxylic acids is 1. The van der Waals surface area contributed by atoms with Crippen molar-refractivity contribution in [3.8, 4) is 11.8 Å². The zero-order valence-corrected chi connectivity index (χ0v) is 10.5. The van der Waals surface area contributed by atoms with Crippen molar-refractivity contribution in [3.63, 3.8) is 0 Å². The standard InChI is InChI=1S/C12H15NO3S/c1-2-5-9-8-10(11(17-9)12(14)15)16-7-4-3-6-13/h8H,2-5,7H2,1H3,(H,14,15). The normalized spacial score (nSPS) is 9.88. The fourth-order valence-electron chi connectivity index (χ4n) is 1.38. The van der Waals surface area contributed by atoms with Gasteiger partial charge in [-0.3, -0.25) is 0 Å². The summed E-state index contributed by atoms with van der Waals surface area (Å²) in [6.07, 6.45) is 2.89. The number of ether oxygens (including phenoxy) is 1. The third-order valence-electron chi connectivity index (χ3n) is 2.13. The van der Waals surface area contributed by atoms with Crippen LogP contribution in [0.2, 0.25) is 0 Å². The van der Waals surface area contributed by atoms with Crippen LogP contribution in [0.15, 0.2) is 6.07 Å². The molecule has 1 aromatic rings. The summed E-state index contributed by atoms with van der Waals surface area (Å²) < 4.78 is 5.41. The maximum atomic E-state index is 11.0. The van der Waals surface area contributed by atoms with Crippen LogP contribution in [0.4, 0.5) is 0 Å². The Labute approximate surface area is 104 Å². The van der Waals surface area contributed by atoms with Crippen LogP contribution in [-0.4, -0.2) is 17.7 Å². The van der Waals surface area contributed by atoms with Crippen LogP contribution in [0.1, 0.15) is 40.7 Å². The highest BCUT2D eigenvalue weighted by Gasteiger charge is 2.16. The summed E-state index contributed by atoms with van der Waals surface area (Å²) in [5.41, 5.74) is 0. The molecule has 0 aliphatic rings. The minimum Gasteiger partial charge on any atom is -0.492 e. The van der Waals surface area contributed by atoms with Gasteiger partial charge in [0.2, 0.25) is 0 Å². The molecule has 0 unspecified atom stereocenters. The van der Waals surface area contributed by atoms with Gasteiger partial charge in [0, 0.05) is 11.3 Å². The van der Waals surface area contributed by atoms with E-state index in [1.807, 2.05) is 13.0 Å². The summed E-state index contributed by atoms with van der Waals surface area (Å²) in [6, 6.07) is 3.82. The maximum absolute atomic E-state index is 11.0. The molecule has 0 aliphatic heterocycles. The van der Waals surface area contributed by atoms with E-state index >= 15 is 0 Å². The van der Waals surface area contributed by atoms with Gasteiger partial charge < -0.3 is 9.84 Å². The maximum Gasteiger partial charge on any atom is 0.349 e. The molecule has 5 heteroatoms. The van der Waals surface area contributed by atoms with E-state index in [-0.39, 0.29) is 4.88 Å². The van der Waals surface area contributed by atoms with Crippen molar-refractivity contribution in [2.45, 2.75) is 32.6 Å². The van der Waals surface area contributed by atoms with Gasteiger partial charge in [-0.2, -0.15) is 5.26 Å². The third kappa shape index (κ3) is 4.08. The smallest absolute Gasteiger partial charge is 0.349 e. The first kappa shape index (κ1) is 13.5. The Balaban J connectivity index is 2.68. The zero-order chi connectivity index (χ0) is 12.7. The molecule has 1 aromatic heterocycles. The van der Waals surface area contributed by atoms with E-state index in [0.29, 0.717) is 25.2 Å². The Bertz CT molecular complexity index is 420. The van der Waals surface area contributed by atoms with E-state index < -0.39 is 5.97 Å². The van der Waals surface area contributed by atoms with E-state index in [1.54, 1.807) is 6.07 Å². The van der Waals surface area contributed by atoms with Crippen molar-refractivity contribution < 1.29 is 14.6 Å². The Kier molecular flexibility index (Phi) is 5.50. The van der Waals surface area contributed by atoms with Gasteiger partial charge in [-0.05, 0) is 18.9 Å². The first-order valence-corrected chi connectivity index (χ1v) is 6.36. The van der Waals surface area contributed by atoms with Crippen molar-refractivity contribution in [1.82, 2.24) is 0 Å². The molecule has 1 rings (SSSR count). The molecule has 0 aliphatic carbocycles. The summed E-state index contributed by atoms with van der Waals surface area (Å²) >= 11 is 1.27. The molecule has 0 fully saturated rings. The number of nitriles is 1. The number of aryl methyl sites for hydroxylation is 1. The van der Waals surface area contributed by atoms with Crippen molar-refractivity contribution >= 4 is 17.3 Å². The second-order valence-electron chi connectivity index (χ2n) is 3.57. The lowest BCUT2D eigenvalue weighted by Crippen LogP contribution is -2.01. The molecule has 0 bridgehead atoms. The third-order valence-corrected chi connectivity index (χ3v) is 3.29. The van der Waals surface area contributed by atoms with E-state index in [2.05, 4.69) is 0 Å². The molecule has 0 amide bonds. The van der Waals surface area contributed by atoms with Gasteiger partial charge in [-0.1, -0.05) is 13.3 Å². The predicted octanol–water partition coefficient (Wildman–Crippen LogP) is 3.08. The first-order chi connectivity index (χ1) is 8.19. The lowest BCUT2D eigenvalue weighted by molar-refractivity contribution is 0.0698. The second-order valence-corrected chi connectivity index (χ2v) is 4.71. The quantitative estimate of drug-likeness (QED) is 0.758. The van der Waals surface area contributed by atoms with Gasteiger partial charge >= 0.3 is 5.97 Å². The average Bonchev–Trinajstić information content (AvgIpc) is 2.68. The molecule has 17 heavy (non-hydrogen) atoms. The molecule has 1 N–H and O–H groups in total. The van der Waals surface area contributed by atoms with Crippen LogP contribution < -0.4 is 4.74 Å². The highest BCUT2D eigenvalue weighted by Crippen LogP contribution is 2.30. The van der Waals surface area contributed by atoms with E-state index in [4.69, 9.17) is 15.1 Å². The highest BCUT2D eigenvalue weighted by molar-refractivity contribution is 7.14. The lowest BCUT2D eigenvalue weighted by Gasteiger charge is -2.02. The van der Waals surface area contributed by atoms with Gasteiger partial charge in [0.05, 0.1) is 12.7 Å². The summed E-state index contributed by atoms with van der Waals surface area (Å²) in [5.74, 6) is -0.517. The molecule has 0 saturated heterocycles. The molecule has 0 spiro atoms. The molecule has 92 valence electrons. The number of thiophene rings is 1. The minimum absolute atomic E-state index is 0.255. The second kappa shape index (κ2) is 6.92. The zero-order valence-electron chi connectivity index (χ0n) is 9.73. The fourth-order valence-corrected chi connectivity index (χ4v) is 2.42. The highest BCUT2D eigenvalue weighted by atomic mass is 32.1. The minimum atomic E-state index is -0.951. The SMILES string of the molecule is CCCc1cc(OCCCC#N)c(C(=O)O)s1. The van der Waals surface area contributed by atoms with Crippen LogP contribution in [0.3, 0.4) is 0 Å². The Morgan fingerprint density at radius 1 is 1.65 bits per heavy atom. The lowest BCUT2D eigenvalue weighted by atomic mass is 10.3. The number of carbonyl (C=O) groups is 1. The molecule has 4 nitrogen and oxygen atoms in total. The number of carboxylic acid groups (broad SMARTS) is 1. The summed E-state index contributed by atoms with van der Waals surface area (Å²) in [4.78, 5) is 12.3. The van der Waals surface area contributed by atoms with Crippen molar-refractivity contribution in [3.05, 3.63) is 15.8 Å². The predicted molar refractivity (Wildman–Crippen MR) is 65.6 cm³/mol. The van der Waals surface area contributed by atoms with Gasteiger partial charge in [0.1, 0.15) is 5.75 Å².